The van der Waals surface area contributed by atoms with Gasteiger partial charge >= 0.3 is 0 Å². The van der Waals surface area contributed by atoms with Gasteiger partial charge in [0, 0.05) is 5.92 Å². The number of benzene rings is 1. The van der Waals surface area contributed by atoms with Crippen LogP contribution in [-0.4, -0.2) is 16.6 Å². The number of hydrogen-bond acceptors (Lipinski definition) is 2. The van der Waals surface area contributed by atoms with Crippen molar-refractivity contribution < 1.29 is 9.50 Å². The molecule has 0 bridgehead atoms. The van der Waals surface area contributed by atoms with Crippen molar-refractivity contribution in [1.29, 1.82) is 0 Å². The second-order valence-corrected chi connectivity index (χ2v) is 5.69. The molecule has 0 saturated carbocycles. The fourth-order valence-electron chi connectivity index (χ4n) is 2.21. The van der Waals surface area contributed by atoms with E-state index in [4.69, 9.17) is 0 Å². The lowest BCUT2D eigenvalue weighted by molar-refractivity contribution is 0.106. The van der Waals surface area contributed by atoms with E-state index in [9.17, 15) is 9.50 Å². The minimum atomic E-state index is -1.33. The molecule has 0 amide bonds. The van der Waals surface area contributed by atoms with Gasteiger partial charge in [-0.25, -0.2) is 4.39 Å². The molecule has 0 aliphatic carbocycles. The first kappa shape index (κ1) is 11.8. The van der Waals surface area contributed by atoms with Crippen LogP contribution in [0.15, 0.2) is 24.3 Å². The highest BCUT2D eigenvalue weighted by Gasteiger charge is 2.36. The van der Waals surface area contributed by atoms with E-state index in [2.05, 4.69) is 0 Å². The Balaban J connectivity index is 2.22. The first-order chi connectivity index (χ1) is 7.60. The predicted molar refractivity (Wildman–Crippen MR) is 66.6 cm³/mol. The summed E-state index contributed by atoms with van der Waals surface area (Å²) >= 11 is 1.83. The molecule has 1 nitrogen and oxygen atoms in total. The van der Waals surface area contributed by atoms with E-state index < -0.39 is 5.67 Å². The molecule has 0 spiro atoms. The first-order valence-corrected chi connectivity index (χ1v) is 6.82. The molecule has 1 aliphatic rings. The van der Waals surface area contributed by atoms with E-state index in [0.29, 0.717) is 5.56 Å². The summed E-state index contributed by atoms with van der Waals surface area (Å²) in [5, 5.41) is 9.40. The summed E-state index contributed by atoms with van der Waals surface area (Å²) in [5.41, 5.74) is -0.730. The summed E-state index contributed by atoms with van der Waals surface area (Å²) in [6.07, 6.45) is 2.03. The van der Waals surface area contributed by atoms with Crippen molar-refractivity contribution in [2.75, 3.05) is 11.5 Å². The zero-order chi connectivity index (χ0) is 11.6. The van der Waals surface area contributed by atoms with Gasteiger partial charge in [0.1, 0.15) is 11.4 Å². The molecule has 88 valence electrons. The number of phenols is 1. The third-order valence-electron chi connectivity index (χ3n) is 3.34. The Morgan fingerprint density at radius 2 is 2.31 bits per heavy atom. The number of phenolic OH excluding ortho intramolecular Hbond substituents is 1. The number of halogens is 1. The van der Waals surface area contributed by atoms with Gasteiger partial charge in [0.15, 0.2) is 0 Å². The molecular weight excluding hydrogens is 223 g/mol. The van der Waals surface area contributed by atoms with Crippen LogP contribution < -0.4 is 0 Å². The van der Waals surface area contributed by atoms with Crippen molar-refractivity contribution in [2.24, 2.45) is 5.92 Å². The van der Waals surface area contributed by atoms with E-state index in [0.717, 1.165) is 24.3 Å². The molecule has 1 aromatic carbocycles. The maximum absolute atomic E-state index is 14.8. The molecule has 2 unspecified atom stereocenters. The average molecular weight is 240 g/mol. The van der Waals surface area contributed by atoms with Crippen LogP contribution in [-0.2, 0) is 5.67 Å². The Hall–Kier alpha value is -0.700. The summed E-state index contributed by atoms with van der Waals surface area (Å²) in [6.45, 7) is 1.64. The van der Waals surface area contributed by atoms with Gasteiger partial charge in [-0.05, 0) is 49.0 Å². The van der Waals surface area contributed by atoms with E-state index >= 15 is 0 Å². The zero-order valence-corrected chi connectivity index (χ0v) is 10.3. The number of alkyl halides is 1. The monoisotopic (exact) mass is 240 g/mol. The van der Waals surface area contributed by atoms with Gasteiger partial charge in [0.25, 0.3) is 0 Å². The van der Waals surface area contributed by atoms with E-state index in [1.165, 1.54) is 0 Å². The van der Waals surface area contributed by atoms with Crippen LogP contribution in [0, 0.1) is 5.92 Å². The summed E-state index contributed by atoms with van der Waals surface area (Å²) in [4.78, 5) is 0. The lowest BCUT2D eigenvalue weighted by atomic mass is 9.83. The molecule has 0 radical (unpaired) electrons. The lowest BCUT2D eigenvalue weighted by Gasteiger charge is -2.33. The molecule has 1 N–H and O–H groups in total. The van der Waals surface area contributed by atoms with Gasteiger partial charge in [-0.2, -0.15) is 11.8 Å². The van der Waals surface area contributed by atoms with Crippen LogP contribution in [0.3, 0.4) is 0 Å². The Kier molecular flexibility index (Phi) is 3.43. The van der Waals surface area contributed by atoms with Crippen molar-refractivity contribution in [2.45, 2.75) is 25.4 Å². The molecule has 2 rings (SSSR count). The van der Waals surface area contributed by atoms with Crippen molar-refractivity contribution in [3.63, 3.8) is 0 Å². The number of hydrogen-bond donors (Lipinski definition) is 1. The number of rotatable bonds is 2. The Bertz CT molecular complexity index is 359. The van der Waals surface area contributed by atoms with Gasteiger partial charge in [0.2, 0.25) is 0 Å². The molecule has 1 heterocycles. The van der Waals surface area contributed by atoms with Gasteiger partial charge < -0.3 is 5.11 Å². The highest BCUT2D eigenvalue weighted by molar-refractivity contribution is 7.99. The van der Waals surface area contributed by atoms with Crippen LogP contribution in [0.4, 0.5) is 4.39 Å². The maximum atomic E-state index is 14.8. The molecular formula is C13H17FOS. The molecule has 1 fully saturated rings. The van der Waals surface area contributed by atoms with Crippen molar-refractivity contribution in [3.8, 4) is 5.75 Å². The minimum Gasteiger partial charge on any atom is -0.508 e. The molecule has 3 heteroatoms. The summed E-state index contributed by atoms with van der Waals surface area (Å²) in [6, 6.07) is 6.59. The molecule has 1 saturated heterocycles. The van der Waals surface area contributed by atoms with Crippen molar-refractivity contribution in [1.82, 2.24) is 0 Å². The molecule has 0 aromatic heterocycles. The van der Waals surface area contributed by atoms with Gasteiger partial charge in [-0.3, -0.25) is 0 Å². The highest BCUT2D eigenvalue weighted by Crippen LogP contribution is 2.41. The molecule has 1 aromatic rings. The third kappa shape index (κ3) is 2.34. The quantitative estimate of drug-likeness (QED) is 0.850. The average Bonchev–Trinajstić information content (AvgIpc) is 2.30. The third-order valence-corrected chi connectivity index (χ3v) is 4.55. The van der Waals surface area contributed by atoms with Gasteiger partial charge in [0.05, 0.1) is 0 Å². The minimum absolute atomic E-state index is 0.0630. The van der Waals surface area contributed by atoms with Crippen molar-refractivity contribution >= 4 is 11.8 Å². The van der Waals surface area contributed by atoms with E-state index in [1.807, 2.05) is 11.8 Å². The molecule has 1 aliphatic heterocycles. The highest BCUT2D eigenvalue weighted by atomic mass is 32.2. The van der Waals surface area contributed by atoms with E-state index in [1.54, 1.807) is 31.2 Å². The molecule has 16 heavy (non-hydrogen) atoms. The SMILES string of the molecule is CC(F)(c1cccc(O)c1)C1CCCSC1. The Morgan fingerprint density at radius 1 is 1.50 bits per heavy atom. The van der Waals surface area contributed by atoms with Crippen LogP contribution >= 0.6 is 11.8 Å². The Labute approximate surface area is 100 Å². The molecule has 2 atom stereocenters. The smallest absolute Gasteiger partial charge is 0.136 e. The Morgan fingerprint density at radius 3 is 2.94 bits per heavy atom. The van der Waals surface area contributed by atoms with Crippen LogP contribution in [0.25, 0.3) is 0 Å². The van der Waals surface area contributed by atoms with Gasteiger partial charge in [-0.15, -0.1) is 0 Å². The van der Waals surface area contributed by atoms with E-state index in [-0.39, 0.29) is 11.7 Å². The normalized spacial score (nSPS) is 25.0. The summed E-state index contributed by atoms with van der Waals surface area (Å²) in [7, 11) is 0. The first-order valence-electron chi connectivity index (χ1n) is 5.67. The van der Waals surface area contributed by atoms with Crippen LogP contribution in [0.2, 0.25) is 0 Å². The topological polar surface area (TPSA) is 20.2 Å². The zero-order valence-electron chi connectivity index (χ0n) is 9.45. The summed E-state index contributed by atoms with van der Waals surface area (Å²) < 4.78 is 14.8. The lowest BCUT2D eigenvalue weighted by Crippen LogP contribution is -2.31. The van der Waals surface area contributed by atoms with Crippen molar-refractivity contribution in [3.05, 3.63) is 29.8 Å². The van der Waals surface area contributed by atoms with Gasteiger partial charge in [-0.1, -0.05) is 12.1 Å². The number of thioether (sulfide) groups is 1. The van der Waals surface area contributed by atoms with Crippen LogP contribution in [0.5, 0.6) is 5.75 Å². The fraction of sp³-hybridized carbons (Fsp3) is 0.538. The van der Waals surface area contributed by atoms with Crippen LogP contribution in [0.1, 0.15) is 25.3 Å². The maximum Gasteiger partial charge on any atom is 0.136 e. The second kappa shape index (κ2) is 4.66. The standard InChI is InChI=1S/C13H17FOS/c1-13(14,11-5-3-7-16-9-11)10-4-2-6-12(15)8-10/h2,4,6,8,11,15H,3,5,7,9H2,1H3. The second-order valence-electron chi connectivity index (χ2n) is 4.54. The fourth-order valence-corrected chi connectivity index (χ4v) is 3.52. The summed E-state index contributed by atoms with van der Waals surface area (Å²) in [5.74, 6) is 2.23. The predicted octanol–water partition coefficient (Wildman–Crippen LogP) is 3.72. The largest absolute Gasteiger partial charge is 0.508 e. The number of aromatic hydroxyl groups is 1.